The summed E-state index contributed by atoms with van der Waals surface area (Å²) >= 11 is 0. The first-order valence-corrected chi connectivity index (χ1v) is 9.26. The highest BCUT2D eigenvalue weighted by atomic mass is 32.2. The van der Waals surface area contributed by atoms with Gasteiger partial charge in [0.2, 0.25) is 10.0 Å². The van der Waals surface area contributed by atoms with Crippen LogP contribution in [0.2, 0.25) is 0 Å². The van der Waals surface area contributed by atoms with E-state index >= 15 is 0 Å². The van der Waals surface area contributed by atoms with Gasteiger partial charge in [0.25, 0.3) is 0 Å². The zero-order chi connectivity index (χ0) is 19.0. The number of hydrogen-bond donors (Lipinski definition) is 0. The Morgan fingerprint density at radius 1 is 1.28 bits per heavy atom. The van der Waals surface area contributed by atoms with E-state index in [0.29, 0.717) is 10.1 Å². The fraction of sp³-hybridized carbons (Fsp3) is 0.471. The van der Waals surface area contributed by atoms with Gasteiger partial charge in [-0.2, -0.15) is 13.1 Å². The molecule has 5 nitrogen and oxygen atoms in total. The molecule has 0 amide bonds. The number of hydrogen-bond acceptors (Lipinski definition) is 3. The number of nitrogens with zero attached hydrogens (tertiary/aromatic N) is 3. The van der Waals surface area contributed by atoms with E-state index < -0.39 is 16.6 Å². The lowest BCUT2D eigenvalue weighted by molar-refractivity contribution is 0.0658. The molecule has 8 heteroatoms. The summed E-state index contributed by atoms with van der Waals surface area (Å²) in [7, 11) is -2.47. The van der Waals surface area contributed by atoms with Gasteiger partial charge < -0.3 is 0 Å². The predicted molar refractivity (Wildman–Crippen MR) is 92.0 cm³/mol. The predicted octanol–water partition coefficient (Wildman–Crippen LogP) is 3.70. The van der Waals surface area contributed by atoms with Crippen molar-refractivity contribution >= 4 is 10.0 Å². The Morgan fingerprint density at radius 2 is 1.92 bits per heavy atom. The van der Waals surface area contributed by atoms with Crippen molar-refractivity contribution < 1.29 is 17.2 Å². The van der Waals surface area contributed by atoms with E-state index in [2.05, 4.69) is 4.98 Å². The second kappa shape index (κ2) is 6.84. The summed E-state index contributed by atoms with van der Waals surface area (Å²) in [4.78, 5) is 4.02. The summed E-state index contributed by atoms with van der Waals surface area (Å²) in [6, 6.07) is 5.32. The Kier molecular flexibility index (Phi) is 5.34. The Hall–Kier alpha value is -1.80. The van der Waals surface area contributed by atoms with Gasteiger partial charge in [-0.05, 0) is 29.5 Å². The summed E-state index contributed by atoms with van der Waals surface area (Å²) in [5.74, 6) is -0.00861. The van der Waals surface area contributed by atoms with Gasteiger partial charge in [-0.25, -0.2) is 13.4 Å². The van der Waals surface area contributed by atoms with Gasteiger partial charge in [-0.3, -0.25) is 4.57 Å². The molecular formula is C17H23F2N3O2S. The summed E-state index contributed by atoms with van der Waals surface area (Å²) in [6.07, 6.45) is 2.36. The number of halogens is 2. The van der Waals surface area contributed by atoms with Gasteiger partial charge in [0.05, 0.1) is 11.4 Å². The second-order valence-corrected chi connectivity index (χ2v) is 9.03. The van der Waals surface area contributed by atoms with Crippen molar-refractivity contribution in [2.45, 2.75) is 51.1 Å². The number of imidazole rings is 1. The minimum Gasteiger partial charge on any atom is -0.277 e. The molecule has 1 aromatic carbocycles. The highest BCUT2D eigenvalue weighted by molar-refractivity contribution is 7.89. The highest BCUT2D eigenvalue weighted by Gasteiger charge is 2.27. The fourth-order valence-electron chi connectivity index (χ4n) is 2.44. The third-order valence-electron chi connectivity index (χ3n) is 4.07. The summed E-state index contributed by atoms with van der Waals surface area (Å²) in [5.41, 5.74) is 1.29. The lowest BCUT2D eigenvalue weighted by Crippen LogP contribution is -2.29. The van der Waals surface area contributed by atoms with Gasteiger partial charge >= 0.3 is 6.55 Å². The van der Waals surface area contributed by atoms with Crippen molar-refractivity contribution in [3.8, 4) is 0 Å². The van der Waals surface area contributed by atoms with E-state index in [1.54, 1.807) is 19.1 Å². The third-order valence-corrected chi connectivity index (χ3v) is 6.01. The first-order valence-electron chi connectivity index (χ1n) is 7.82. The van der Waals surface area contributed by atoms with Crippen LogP contribution in [0.25, 0.3) is 0 Å². The normalized spacial score (nSPS) is 13.0. The van der Waals surface area contributed by atoms with Crippen molar-refractivity contribution in [3.63, 3.8) is 0 Å². The van der Waals surface area contributed by atoms with Crippen LogP contribution in [0, 0.1) is 6.92 Å². The van der Waals surface area contributed by atoms with Crippen LogP contribution in [0.3, 0.4) is 0 Å². The largest absolute Gasteiger partial charge is 0.319 e. The Morgan fingerprint density at radius 3 is 2.48 bits per heavy atom. The first-order chi connectivity index (χ1) is 11.4. The smallest absolute Gasteiger partial charge is 0.277 e. The van der Waals surface area contributed by atoms with Crippen molar-refractivity contribution in [2.24, 2.45) is 0 Å². The number of alkyl halides is 2. The molecule has 138 valence electrons. The van der Waals surface area contributed by atoms with Crippen molar-refractivity contribution in [1.82, 2.24) is 13.9 Å². The lowest BCUT2D eigenvalue weighted by atomic mass is 9.87. The average molecular weight is 371 g/mol. The molecule has 25 heavy (non-hydrogen) atoms. The SMILES string of the molecule is Cc1ccc(C(C)(C)C)cc1S(=O)(=O)N(C)Cc1nccn1C(F)F. The van der Waals surface area contributed by atoms with Crippen LogP contribution in [-0.4, -0.2) is 29.3 Å². The molecule has 0 bridgehead atoms. The van der Waals surface area contributed by atoms with Crippen molar-refractivity contribution in [3.05, 3.63) is 47.5 Å². The minimum absolute atomic E-state index is 0.00861. The highest BCUT2D eigenvalue weighted by Crippen LogP contribution is 2.28. The summed E-state index contributed by atoms with van der Waals surface area (Å²) in [6.45, 7) is 4.71. The molecule has 0 aliphatic heterocycles. The van der Waals surface area contributed by atoms with Crippen LogP contribution in [0.5, 0.6) is 0 Å². The second-order valence-electron chi connectivity index (χ2n) is 7.02. The van der Waals surface area contributed by atoms with E-state index in [0.717, 1.165) is 16.1 Å². The number of sulfonamides is 1. The van der Waals surface area contributed by atoms with Gasteiger partial charge in [0, 0.05) is 19.4 Å². The third kappa shape index (κ3) is 4.07. The Balaban J connectivity index is 2.39. The monoisotopic (exact) mass is 371 g/mol. The first kappa shape index (κ1) is 19.5. The Labute approximate surface area is 147 Å². The average Bonchev–Trinajstić information content (AvgIpc) is 2.94. The van der Waals surface area contributed by atoms with Crippen molar-refractivity contribution in [1.29, 1.82) is 0 Å². The molecule has 0 unspecified atom stereocenters. The van der Waals surface area contributed by atoms with Crippen molar-refractivity contribution in [2.75, 3.05) is 7.05 Å². The fourth-order valence-corrected chi connectivity index (χ4v) is 3.81. The number of rotatable bonds is 5. The van der Waals surface area contributed by atoms with E-state index in [4.69, 9.17) is 0 Å². The van der Waals surface area contributed by atoms with Gasteiger partial charge in [0.1, 0.15) is 5.82 Å². The van der Waals surface area contributed by atoms with E-state index in [-0.39, 0.29) is 22.7 Å². The molecule has 2 aromatic rings. The molecule has 0 radical (unpaired) electrons. The number of aryl methyl sites for hydroxylation is 1. The molecule has 2 rings (SSSR count). The van der Waals surface area contributed by atoms with Crippen LogP contribution >= 0.6 is 0 Å². The van der Waals surface area contributed by atoms with Crippen LogP contribution in [0.1, 0.15) is 44.3 Å². The molecule has 0 saturated carbocycles. The molecule has 0 saturated heterocycles. The maximum Gasteiger partial charge on any atom is 0.319 e. The zero-order valence-corrected chi connectivity index (χ0v) is 15.8. The summed E-state index contributed by atoms with van der Waals surface area (Å²) in [5, 5.41) is 0. The standard InChI is InChI=1S/C17H23F2N3O2S/c1-12-6-7-13(17(2,3)4)10-14(12)25(23,24)21(5)11-15-20-8-9-22(15)16(18)19/h6-10,16H,11H2,1-5H3. The molecule has 0 spiro atoms. The lowest BCUT2D eigenvalue weighted by Gasteiger charge is -2.23. The van der Waals surface area contributed by atoms with Crippen LogP contribution in [-0.2, 0) is 22.0 Å². The molecule has 0 N–H and O–H groups in total. The molecule has 0 aliphatic carbocycles. The minimum atomic E-state index is -3.84. The van der Waals surface area contributed by atoms with Crippen LogP contribution < -0.4 is 0 Å². The van der Waals surface area contributed by atoms with E-state index in [1.807, 2.05) is 26.8 Å². The molecule has 0 atom stereocenters. The Bertz CT molecular complexity index is 855. The zero-order valence-electron chi connectivity index (χ0n) is 15.0. The molecule has 1 heterocycles. The van der Waals surface area contributed by atoms with Crippen LogP contribution in [0.4, 0.5) is 8.78 Å². The summed E-state index contributed by atoms with van der Waals surface area (Å²) < 4.78 is 53.5. The molecule has 1 aromatic heterocycles. The van der Waals surface area contributed by atoms with Gasteiger partial charge in [-0.15, -0.1) is 0 Å². The van der Waals surface area contributed by atoms with Gasteiger partial charge in [0.15, 0.2) is 0 Å². The van der Waals surface area contributed by atoms with Gasteiger partial charge in [-0.1, -0.05) is 32.9 Å². The molecule has 0 aliphatic rings. The van der Waals surface area contributed by atoms with E-state index in [1.165, 1.54) is 13.2 Å². The maximum atomic E-state index is 12.9. The molecule has 0 fully saturated rings. The van der Waals surface area contributed by atoms with Crippen LogP contribution in [0.15, 0.2) is 35.5 Å². The molecular weight excluding hydrogens is 348 g/mol. The number of aromatic nitrogens is 2. The topological polar surface area (TPSA) is 55.2 Å². The maximum absolute atomic E-state index is 12.9. The quantitative estimate of drug-likeness (QED) is 0.805. The number of benzene rings is 1. The van der Waals surface area contributed by atoms with E-state index in [9.17, 15) is 17.2 Å².